The highest BCUT2D eigenvalue weighted by molar-refractivity contribution is 5.82. The third-order valence-electron chi connectivity index (χ3n) is 10.3. The lowest BCUT2D eigenvalue weighted by atomic mass is 9.45. The van der Waals surface area contributed by atoms with Gasteiger partial charge in [0.2, 0.25) is 0 Å². The fourth-order valence-corrected chi connectivity index (χ4v) is 8.73. The van der Waals surface area contributed by atoms with Gasteiger partial charge in [0, 0.05) is 12.8 Å². The first kappa shape index (κ1) is 20.7. The van der Waals surface area contributed by atoms with E-state index in [-0.39, 0.29) is 0 Å². The minimum Gasteiger partial charge on any atom is -0.299 e. The molecule has 0 aromatic heterocycles. The molecular weight excluding hydrogens is 340 g/mol. The minimum atomic E-state index is 0.317. The van der Waals surface area contributed by atoms with E-state index >= 15 is 0 Å². The van der Waals surface area contributed by atoms with Crippen molar-refractivity contribution in [3.05, 3.63) is 11.6 Å². The summed E-state index contributed by atoms with van der Waals surface area (Å²) in [5.41, 5.74) is 2.40. The number of hydrogen-bond acceptors (Lipinski definition) is 1. The molecule has 0 N–H and O–H groups in total. The molecule has 0 amide bonds. The first-order valence-electron chi connectivity index (χ1n) is 12.5. The Hall–Kier alpha value is -0.590. The van der Waals surface area contributed by atoms with Crippen molar-refractivity contribution < 1.29 is 4.79 Å². The molecule has 3 fully saturated rings. The molecule has 0 bridgehead atoms. The summed E-state index contributed by atoms with van der Waals surface area (Å²) in [7, 11) is 0. The largest absolute Gasteiger partial charge is 0.299 e. The number of allylic oxidation sites excluding steroid dienone is 2. The van der Waals surface area contributed by atoms with Gasteiger partial charge in [0.1, 0.15) is 5.78 Å². The van der Waals surface area contributed by atoms with Crippen molar-refractivity contribution >= 4 is 5.78 Å². The van der Waals surface area contributed by atoms with Gasteiger partial charge < -0.3 is 0 Å². The van der Waals surface area contributed by atoms with E-state index in [2.05, 4.69) is 40.7 Å². The Bertz CT molecular complexity index is 632. The van der Waals surface area contributed by atoms with Crippen LogP contribution in [0.1, 0.15) is 105 Å². The Balaban J connectivity index is 1.57. The smallest absolute Gasteiger partial charge is 0.136 e. The summed E-state index contributed by atoms with van der Waals surface area (Å²) in [6.07, 6.45) is 16.6. The molecule has 1 heteroatoms. The Kier molecular flexibility index (Phi) is 5.60. The van der Waals surface area contributed by atoms with Crippen LogP contribution in [0.15, 0.2) is 11.6 Å². The van der Waals surface area contributed by atoms with Crippen LogP contribution in [0.2, 0.25) is 0 Å². The van der Waals surface area contributed by atoms with Crippen molar-refractivity contribution in [3.8, 4) is 0 Å². The zero-order valence-electron chi connectivity index (χ0n) is 19.2. The number of rotatable bonds is 5. The van der Waals surface area contributed by atoms with Crippen molar-refractivity contribution in [2.45, 2.75) is 105 Å². The molecule has 0 saturated heterocycles. The first-order valence-corrected chi connectivity index (χ1v) is 12.5. The quantitative estimate of drug-likeness (QED) is 0.352. The lowest BCUT2D eigenvalue weighted by molar-refractivity contribution is -0.123. The molecule has 0 radical (unpaired) electrons. The highest BCUT2D eigenvalue weighted by atomic mass is 16.1. The van der Waals surface area contributed by atoms with Crippen LogP contribution in [-0.2, 0) is 4.79 Å². The summed E-state index contributed by atoms with van der Waals surface area (Å²) in [4.78, 5) is 12.1. The van der Waals surface area contributed by atoms with Crippen molar-refractivity contribution in [1.29, 1.82) is 0 Å². The Morgan fingerprint density at radius 1 is 1.11 bits per heavy atom. The van der Waals surface area contributed by atoms with Gasteiger partial charge in [0.15, 0.2) is 0 Å². The zero-order valence-corrected chi connectivity index (χ0v) is 19.2. The predicted molar refractivity (Wildman–Crippen MR) is 118 cm³/mol. The molecule has 0 heterocycles. The van der Waals surface area contributed by atoms with Crippen LogP contribution in [0.3, 0.4) is 0 Å². The van der Waals surface area contributed by atoms with Gasteiger partial charge in [-0.25, -0.2) is 0 Å². The van der Waals surface area contributed by atoms with E-state index in [4.69, 9.17) is 0 Å². The van der Waals surface area contributed by atoms with E-state index < -0.39 is 0 Å². The maximum Gasteiger partial charge on any atom is 0.136 e. The molecule has 0 aliphatic heterocycles. The van der Waals surface area contributed by atoms with Crippen LogP contribution >= 0.6 is 0 Å². The van der Waals surface area contributed by atoms with Crippen LogP contribution in [0.5, 0.6) is 0 Å². The normalized spacial score (nSPS) is 46.4. The summed E-state index contributed by atoms with van der Waals surface area (Å²) in [5.74, 6) is 5.57. The first-order chi connectivity index (χ1) is 13.3. The molecule has 0 aromatic rings. The monoisotopic (exact) mass is 384 g/mol. The van der Waals surface area contributed by atoms with E-state index in [1.54, 1.807) is 0 Å². The average Bonchev–Trinajstić information content (AvgIpc) is 3.00. The maximum absolute atomic E-state index is 12.1. The third-order valence-corrected chi connectivity index (χ3v) is 10.3. The number of ketones is 1. The summed E-state index contributed by atoms with van der Waals surface area (Å²) in [6.45, 7) is 12.6. The molecule has 4 aliphatic carbocycles. The van der Waals surface area contributed by atoms with Crippen LogP contribution in [0.4, 0.5) is 0 Å². The highest BCUT2D eigenvalue weighted by Gasteiger charge is 2.60. The second-order valence-electron chi connectivity index (χ2n) is 11.7. The van der Waals surface area contributed by atoms with E-state index in [0.717, 1.165) is 48.9 Å². The number of fused-ring (bicyclic) bond motifs is 5. The van der Waals surface area contributed by atoms with Crippen LogP contribution in [0.25, 0.3) is 0 Å². The van der Waals surface area contributed by atoms with Crippen molar-refractivity contribution in [1.82, 2.24) is 0 Å². The number of hydrogen-bond donors (Lipinski definition) is 0. The number of Topliss-reactive ketones (excluding diaryl/α,β-unsaturated/α-hetero) is 1. The van der Waals surface area contributed by atoms with E-state index in [1.807, 2.05) is 0 Å². The fourth-order valence-electron chi connectivity index (χ4n) is 8.73. The highest BCUT2D eigenvalue weighted by Crippen LogP contribution is 2.68. The molecule has 8 unspecified atom stereocenters. The number of carbonyl (C=O) groups is 1. The number of carbonyl (C=O) groups excluding carboxylic acids is 1. The molecule has 158 valence electrons. The van der Waals surface area contributed by atoms with Crippen LogP contribution in [-0.4, -0.2) is 5.78 Å². The molecule has 0 spiro atoms. The molecule has 3 saturated carbocycles. The van der Waals surface area contributed by atoms with Gasteiger partial charge in [0.05, 0.1) is 0 Å². The minimum absolute atomic E-state index is 0.317. The van der Waals surface area contributed by atoms with Gasteiger partial charge >= 0.3 is 0 Å². The van der Waals surface area contributed by atoms with E-state index in [0.29, 0.717) is 22.5 Å². The lowest BCUT2D eigenvalue weighted by Crippen LogP contribution is -2.52. The van der Waals surface area contributed by atoms with Crippen molar-refractivity contribution in [3.63, 3.8) is 0 Å². The average molecular weight is 385 g/mol. The second-order valence-corrected chi connectivity index (χ2v) is 11.7. The second kappa shape index (κ2) is 7.59. The van der Waals surface area contributed by atoms with Crippen LogP contribution in [0, 0.1) is 46.3 Å². The van der Waals surface area contributed by atoms with Crippen LogP contribution < -0.4 is 0 Å². The molecule has 4 aliphatic rings. The van der Waals surface area contributed by atoms with E-state index in [1.165, 1.54) is 56.9 Å². The van der Waals surface area contributed by atoms with Gasteiger partial charge in [-0.05, 0) is 78.4 Å². The third kappa shape index (κ3) is 3.14. The van der Waals surface area contributed by atoms with Crippen molar-refractivity contribution in [2.75, 3.05) is 0 Å². The summed E-state index contributed by atoms with van der Waals surface area (Å²) in [5, 5.41) is 0. The molecule has 28 heavy (non-hydrogen) atoms. The summed E-state index contributed by atoms with van der Waals surface area (Å²) < 4.78 is 0. The summed E-state index contributed by atoms with van der Waals surface area (Å²) in [6, 6.07) is 0. The lowest BCUT2D eigenvalue weighted by Gasteiger charge is -2.59. The van der Waals surface area contributed by atoms with Gasteiger partial charge in [-0.3, -0.25) is 4.79 Å². The van der Waals surface area contributed by atoms with Crippen molar-refractivity contribution in [2.24, 2.45) is 46.3 Å². The summed E-state index contributed by atoms with van der Waals surface area (Å²) >= 11 is 0. The Morgan fingerprint density at radius 2 is 1.89 bits per heavy atom. The predicted octanol–water partition coefficient (Wildman–Crippen LogP) is 7.60. The number of unbranched alkanes of at least 4 members (excludes halogenated alkanes) is 2. The maximum atomic E-state index is 12.1. The molecule has 4 rings (SSSR count). The Morgan fingerprint density at radius 3 is 2.64 bits per heavy atom. The van der Waals surface area contributed by atoms with Gasteiger partial charge in [-0.2, -0.15) is 0 Å². The van der Waals surface area contributed by atoms with Gasteiger partial charge in [0.25, 0.3) is 0 Å². The molecular formula is C27H44O. The Labute approximate surface area is 174 Å². The topological polar surface area (TPSA) is 17.1 Å². The molecule has 0 aromatic carbocycles. The molecule has 8 atom stereocenters. The molecule has 1 nitrogen and oxygen atoms in total. The fraction of sp³-hybridized carbons (Fsp3) is 0.889. The standard InChI is InChI=1S/C27H44O/c1-6-7-8-9-18(2)22-10-11-23-25-19(3)16-20-17-21(28)12-14-26(20,4)24(25)13-15-27(22,23)5/h16,18-19,22-25H,6-15,17H2,1-5H3. The zero-order chi connectivity index (χ0) is 20.1. The van der Waals surface area contributed by atoms with Gasteiger partial charge in [-0.1, -0.05) is 72.0 Å². The SMILES string of the molecule is CCCCCC(C)C1CCC2C3C(C)C=C4CC(=O)CCC4(C)C3CCC12C. The van der Waals surface area contributed by atoms with E-state index in [9.17, 15) is 4.79 Å². The van der Waals surface area contributed by atoms with Gasteiger partial charge in [-0.15, -0.1) is 0 Å².